The first-order valence-electron chi connectivity index (χ1n) is 10.6. The Morgan fingerprint density at radius 1 is 1.00 bits per heavy atom. The fourth-order valence-electron chi connectivity index (χ4n) is 4.73. The van der Waals surface area contributed by atoms with Crippen LogP contribution < -0.4 is 0 Å². The SMILES string of the molecule is O=C(Cc1ccc(C(F)(F)F)cc1F)C1CC2CCC(C1)N2C(=O)OCc1ccccc1. The fourth-order valence-corrected chi connectivity index (χ4v) is 4.73. The van der Waals surface area contributed by atoms with Crippen LogP contribution in [0.1, 0.15) is 42.4 Å². The quantitative estimate of drug-likeness (QED) is 0.564. The van der Waals surface area contributed by atoms with Gasteiger partial charge in [0.1, 0.15) is 18.2 Å². The number of carbonyl (C=O) groups excluding carboxylic acids is 2. The van der Waals surface area contributed by atoms with E-state index < -0.39 is 23.7 Å². The molecule has 4 nitrogen and oxygen atoms in total. The molecule has 2 saturated heterocycles. The van der Waals surface area contributed by atoms with Gasteiger partial charge in [-0.1, -0.05) is 36.4 Å². The fraction of sp³-hybridized carbons (Fsp3) is 0.417. The zero-order valence-electron chi connectivity index (χ0n) is 17.3. The summed E-state index contributed by atoms with van der Waals surface area (Å²) in [4.78, 5) is 27.1. The van der Waals surface area contributed by atoms with Crippen LogP contribution >= 0.6 is 0 Å². The zero-order valence-corrected chi connectivity index (χ0v) is 17.3. The Kier molecular flexibility index (Phi) is 6.22. The third kappa shape index (κ3) is 4.79. The number of hydrogen-bond acceptors (Lipinski definition) is 3. The molecular weight excluding hydrogens is 426 g/mol. The van der Waals surface area contributed by atoms with Crippen molar-refractivity contribution in [2.75, 3.05) is 0 Å². The van der Waals surface area contributed by atoms with Crippen molar-refractivity contribution in [2.24, 2.45) is 5.92 Å². The molecule has 2 atom stereocenters. The van der Waals surface area contributed by atoms with Crippen molar-refractivity contribution < 1.29 is 31.9 Å². The predicted molar refractivity (Wildman–Crippen MR) is 108 cm³/mol. The number of halogens is 4. The van der Waals surface area contributed by atoms with Crippen molar-refractivity contribution in [3.63, 3.8) is 0 Å². The van der Waals surface area contributed by atoms with E-state index in [-0.39, 0.29) is 42.4 Å². The predicted octanol–water partition coefficient (Wildman–Crippen LogP) is 5.54. The molecule has 0 aromatic heterocycles. The first-order valence-corrected chi connectivity index (χ1v) is 10.6. The topological polar surface area (TPSA) is 46.6 Å². The van der Waals surface area contributed by atoms with E-state index in [1.807, 2.05) is 30.3 Å². The van der Waals surface area contributed by atoms with Crippen molar-refractivity contribution >= 4 is 11.9 Å². The number of alkyl halides is 3. The summed E-state index contributed by atoms with van der Waals surface area (Å²) in [5.74, 6) is -1.59. The maximum atomic E-state index is 14.1. The highest BCUT2D eigenvalue weighted by Crippen LogP contribution is 2.40. The number of piperidine rings is 1. The average molecular weight is 449 g/mol. The van der Waals surface area contributed by atoms with E-state index in [1.54, 1.807) is 4.90 Å². The van der Waals surface area contributed by atoms with Crippen LogP contribution in [0.15, 0.2) is 48.5 Å². The number of ether oxygens (including phenoxy) is 1. The number of rotatable bonds is 5. The van der Waals surface area contributed by atoms with Gasteiger partial charge >= 0.3 is 12.3 Å². The molecular formula is C24H23F4NO3. The standard InChI is InChI=1S/C24H23F4NO3/c25-21-13-18(24(26,27)28)7-6-16(21)12-22(30)17-10-19-8-9-20(11-17)29(19)23(31)32-14-15-4-2-1-3-5-15/h1-7,13,17,19-20H,8-12,14H2. The molecule has 0 radical (unpaired) electrons. The Hall–Kier alpha value is -2.90. The number of fused-ring (bicyclic) bond motifs is 2. The highest BCUT2D eigenvalue weighted by molar-refractivity contribution is 5.84. The third-order valence-electron chi connectivity index (χ3n) is 6.35. The number of amides is 1. The molecule has 2 aromatic rings. The average Bonchev–Trinajstić information content (AvgIpc) is 3.02. The third-order valence-corrected chi connectivity index (χ3v) is 6.35. The molecule has 0 aliphatic carbocycles. The van der Waals surface area contributed by atoms with Crippen LogP contribution in [0.25, 0.3) is 0 Å². The smallest absolute Gasteiger partial charge is 0.416 e. The molecule has 2 fully saturated rings. The summed E-state index contributed by atoms with van der Waals surface area (Å²) in [7, 11) is 0. The van der Waals surface area contributed by atoms with Crippen LogP contribution in [-0.2, 0) is 28.7 Å². The maximum Gasteiger partial charge on any atom is 0.416 e. The van der Waals surface area contributed by atoms with Gasteiger partial charge in [0.15, 0.2) is 0 Å². The van der Waals surface area contributed by atoms with Gasteiger partial charge in [0.2, 0.25) is 0 Å². The molecule has 32 heavy (non-hydrogen) atoms. The van der Waals surface area contributed by atoms with E-state index in [4.69, 9.17) is 4.74 Å². The van der Waals surface area contributed by atoms with Crippen molar-refractivity contribution in [2.45, 2.75) is 57.0 Å². The van der Waals surface area contributed by atoms with Crippen LogP contribution in [-0.4, -0.2) is 28.9 Å². The molecule has 8 heteroatoms. The highest BCUT2D eigenvalue weighted by Gasteiger charge is 2.45. The molecule has 2 aliphatic rings. The molecule has 0 spiro atoms. The molecule has 2 heterocycles. The Bertz CT molecular complexity index is 978. The van der Waals surface area contributed by atoms with Crippen molar-refractivity contribution in [1.82, 2.24) is 4.90 Å². The summed E-state index contributed by atoms with van der Waals surface area (Å²) >= 11 is 0. The van der Waals surface area contributed by atoms with Crippen LogP contribution in [0.4, 0.5) is 22.4 Å². The lowest BCUT2D eigenvalue weighted by Gasteiger charge is -2.37. The number of nitrogens with zero attached hydrogens (tertiary/aromatic N) is 1. The van der Waals surface area contributed by atoms with Gasteiger partial charge in [0.25, 0.3) is 0 Å². The maximum absolute atomic E-state index is 14.1. The molecule has 0 saturated carbocycles. The van der Waals surface area contributed by atoms with Crippen molar-refractivity contribution in [1.29, 1.82) is 0 Å². The monoisotopic (exact) mass is 449 g/mol. The highest BCUT2D eigenvalue weighted by atomic mass is 19.4. The molecule has 170 valence electrons. The van der Waals surface area contributed by atoms with E-state index in [0.29, 0.717) is 18.9 Å². The second kappa shape index (κ2) is 8.92. The normalized spacial score (nSPS) is 22.6. The minimum atomic E-state index is -4.63. The molecule has 2 bridgehead atoms. The molecule has 1 amide bonds. The number of carbonyl (C=O) groups is 2. The Morgan fingerprint density at radius 3 is 2.25 bits per heavy atom. The molecule has 2 aliphatic heterocycles. The van der Waals surface area contributed by atoms with Gasteiger partial charge in [-0.15, -0.1) is 0 Å². The second-order valence-electron chi connectivity index (χ2n) is 8.45. The lowest BCUT2D eigenvalue weighted by atomic mass is 9.85. The summed E-state index contributed by atoms with van der Waals surface area (Å²) in [6.45, 7) is 0.172. The minimum absolute atomic E-state index is 0.0416. The van der Waals surface area contributed by atoms with Crippen LogP contribution in [0, 0.1) is 11.7 Å². The first-order chi connectivity index (χ1) is 15.2. The van der Waals surface area contributed by atoms with Gasteiger partial charge in [-0.2, -0.15) is 13.2 Å². The van der Waals surface area contributed by atoms with E-state index in [0.717, 1.165) is 30.5 Å². The lowest BCUT2D eigenvalue weighted by molar-refractivity contribution is -0.137. The van der Waals surface area contributed by atoms with Crippen molar-refractivity contribution in [3.05, 3.63) is 71.0 Å². The van der Waals surface area contributed by atoms with E-state index in [2.05, 4.69) is 0 Å². The second-order valence-corrected chi connectivity index (χ2v) is 8.45. The number of ketones is 1. The molecule has 0 N–H and O–H groups in total. The summed E-state index contributed by atoms with van der Waals surface area (Å²) in [5, 5.41) is 0. The van der Waals surface area contributed by atoms with E-state index in [1.165, 1.54) is 0 Å². The zero-order chi connectivity index (χ0) is 22.9. The van der Waals surface area contributed by atoms with Gasteiger partial charge in [-0.3, -0.25) is 4.79 Å². The Morgan fingerprint density at radius 2 is 1.66 bits per heavy atom. The Balaban J connectivity index is 1.36. The van der Waals surface area contributed by atoms with Crippen LogP contribution in [0.3, 0.4) is 0 Å². The molecule has 4 rings (SSSR count). The van der Waals surface area contributed by atoms with Crippen molar-refractivity contribution in [3.8, 4) is 0 Å². The first kappa shape index (κ1) is 22.3. The van der Waals surface area contributed by atoms with Gasteiger partial charge in [0, 0.05) is 24.4 Å². The minimum Gasteiger partial charge on any atom is -0.445 e. The summed E-state index contributed by atoms with van der Waals surface area (Å²) in [5.41, 5.74) is -0.233. The number of benzene rings is 2. The molecule has 2 unspecified atom stereocenters. The van der Waals surface area contributed by atoms with Gasteiger partial charge < -0.3 is 9.64 Å². The van der Waals surface area contributed by atoms with E-state index >= 15 is 0 Å². The van der Waals surface area contributed by atoms with Crippen LogP contribution in [0.2, 0.25) is 0 Å². The number of hydrogen-bond donors (Lipinski definition) is 0. The Labute approximate surface area is 183 Å². The van der Waals surface area contributed by atoms with Gasteiger partial charge in [-0.05, 0) is 48.9 Å². The lowest BCUT2D eigenvalue weighted by Crippen LogP contribution is -2.48. The van der Waals surface area contributed by atoms with Crippen LogP contribution in [0.5, 0.6) is 0 Å². The largest absolute Gasteiger partial charge is 0.445 e. The van der Waals surface area contributed by atoms with Gasteiger partial charge in [-0.25, -0.2) is 9.18 Å². The molecule has 2 aromatic carbocycles. The summed E-state index contributed by atoms with van der Waals surface area (Å²) in [6.07, 6.45) is -2.85. The summed E-state index contributed by atoms with van der Waals surface area (Å²) in [6, 6.07) is 11.3. The number of Topliss-reactive ketones (excluding diaryl/α,β-unsaturated/α-hetero) is 1. The summed E-state index contributed by atoms with van der Waals surface area (Å²) < 4.78 is 57.8. The van der Waals surface area contributed by atoms with E-state index in [9.17, 15) is 27.2 Å². The van der Waals surface area contributed by atoms with Gasteiger partial charge in [0.05, 0.1) is 5.56 Å².